The molecule has 0 saturated carbocycles. The molecule has 0 bridgehead atoms. The van der Waals surface area contributed by atoms with Crippen molar-refractivity contribution in [3.05, 3.63) is 0 Å². The molecule has 38 valence electrons. The van der Waals surface area contributed by atoms with Crippen LogP contribution in [0.5, 0.6) is 0 Å². The molecule has 0 unspecified atom stereocenters. The zero-order valence-corrected chi connectivity index (χ0v) is 7.73. The maximum atomic E-state index is 9.91. The van der Waals surface area contributed by atoms with Gasteiger partial charge in [-0.15, -0.1) is 12.6 Å². The van der Waals surface area contributed by atoms with Gasteiger partial charge in [0.2, 0.25) is 0 Å². The van der Waals surface area contributed by atoms with Gasteiger partial charge < -0.3 is 0 Å². The van der Waals surface area contributed by atoms with Crippen molar-refractivity contribution in [3.8, 4) is 0 Å². The molecule has 0 fully saturated rings. The number of hydrogen-bond acceptors (Lipinski definition) is 1. The predicted octanol–water partition coefficient (Wildman–Crippen LogP) is 1.62. The van der Waals surface area contributed by atoms with Crippen LogP contribution < -0.4 is 0 Å². The Morgan fingerprint density at radius 2 is 1.14 bits per heavy atom. The fourth-order valence-corrected chi connectivity index (χ4v) is 0. The van der Waals surface area contributed by atoms with Crippen LogP contribution in [-0.2, 0) is 23.1 Å². The van der Waals surface area contributed by atoms with Crippen LogP contribution >= 0.6 is 8.07 Å². The summed E-state index contributed by atoms with van der Waals surface area (Å²) >= 11 is 0. The molecule has 0 N–H and O–H groups in total. The number of halogens is 3. The molecular weight excluding hydrogens is 178 g/mol. The third-order valence-corrected chi connectivity index (χ3v) is 0. The second kappa shape index (κ2) is 5.74. The summed E-state index contributed by atoms with van der Waals surface area (Å²) in [7, 11) is -6.14. The van der Waals surface area contributed by atoms with Gasteiger partial charge in [-0.3, -0.25) is 0 Å². The van der Waals surface area contributed by atoms with Gasteiger partial charge in [0.1, 0.15) is 0 Å². The van der Waals surface area contributed by atoms with E-state index in [0.717, 1.165) is 0 Å². The van der Waals surface area contributed by atoms with Gasteiger partial charge >= 0.3 is 8.07 Å². The Labute approximate surface area is 72.9 Å². The molecule has 0 aliphatic heterocycles. The normalized spacial score (nSPS) is 8.43. The van der Waals surface area contributed by atoms with Crippen LogP contribution in [0.3, 0.4) is 0 Å². The van der Waals surface area contributed by atoms with Crippen molar-refractivity contribution in [2.24, 2.45) is 0 Å². The van der Waals surface area contributed by atoms with Gasteiger partial charge in [-0.25, -0.2) is 4.57 Å². The average molecular weight is 178 g/mol. The van der Waals surface area contributed by atoms with Crippen LogP contribution in [0.25, 0.3) is 0 Å². The van der Waals surface area contributed by atoms with Crippen molar-refractivity contribution in [3.63, 3.8) is 0 Å². The second-order valence-electron chi connectivity index (χ2n) is 0.399. The average Bonchev–Trinajstić information content (AvgIpc) is 0.722. The molecule has 0 aliphatic carbocycles. The topological polar surface area (TPSA) is 17.1 Å². The maximum absolute atomic E-state index is 9.91. The number of rotatable bonds is 0. The molecule has 0 rings (SSSR count). The van der Waals surface area contributed by atoms with Crippen LogP contribution in [0.1, 0.15) is 0 Å². The third-order valence-electron chi connectivity index (χ3n) is 0. The van der Waals surface area contributed by atoms with Gasteiger partial charge in [-0.2, -0.15) is 0 Å². The van der Waals surface area contributed by atoms with Gasteiger partial charge in [0.25, 0.3) is 0 Å². The van der Waals surface area contributed by atoms with Crippen molar-refractivity contribution in [1.29, 1.82) is 0 Å². The molecule has 0 amide bonds. The summed E-state index contributed by atoms with van der Waals surface area (Å²) < 4.78 is 37.9. The molecule has 7 heavy (non-hydrogen) atoms. The van der Waals surface area contributed by atoms with Gasteiger partial charge in [0, 0.05) is 48.1 Å². The Morgan fingerprint density at radius 3 is 1.14 bits per heavy atom. The molecule has 2 radical (unpaired) electrons. The van der Waals surface area contributed by atoms with E-state index in [2.05, 4.69) is 0 Å². The Kier molecular flexibility index (Phi) is 13.0. The molecule has 0 spiro atoms. The Balaban J connectivity index is -0.0000000800. The molecule has 1 nitrogen and oxygen atoms in total. The van der Waals surface area contributed by atoms with Crippen molar-refractivity contribution in [2.45, 2.75) is 0 Å². The van der Waals surface area contributed by atoms with Crippen molar-refractivity contribution in [2.75, 3.05) is 0 Å². The van der Waals surface area contributed by atoms with E-state index in [-0.39, 0.29) is 48.1 Å². The molecule has 0 aromatic carbocycles. The smallest absolute Gasteiger partial charge is 0.215 e. The van der Waals surface area contributed by atoms with Gasteiger partial charge in [0.05, 0.1) is 0 Å². The predicted molar refractivity (Wildman–Crippen MR) is 16.7 cm³/mol. The zero-order valence-electron chi connectivity index (χ0n) is 3.44. The number of hydrogen-bond donors (Lipinski definition) is 0. The molecule has 0 saturated heterocycles. The Morgan fingerprint density at radius 1 is 1.14 bits per heavy atom. The Hall–Kier alpha value is 1.60. The third kappa shape index (κ3) is 92.8. The van der Waals surface area contributed by atoms with E-state index in [4.69, 9.17) is 4.57 Å². The SMILES string of the molecule is O=P(F)(F)F.[Na].[V]. The summed E-state index contributed by atoms with van der Waals surface area (Å²) in [4.78, 5) is 0. The Bertz CT molecular complexity index is 61.1. The van der Waals surface area contributed by atoms with Crippen LogP contribution in [0.2, 0.25) is 0 Å². The van der Waals surface area contributed by atoms with Crippen molar-refractivity contribution < 1.29 is 35.7 Å². The fourth-order valence-electron chi connectivity index (χ4n) is 0. The zero-order chi connectivity index (χ0) is 4.50. The minimum Gasteiger partial charge on any atom is -0.215 e. The first kappa shape index (κ1) is 15.8. The van der Waals surface area contributed by atoms with Crippen molar-refractivity contribution in [1.82, 2.24) is 0 Å². The summed E-state index contributed by atoms with van der Waals surface area (Å²) in [6, 6.07) is 0. The second-order valence-corrected chi connectivity index (χ2v) is 1.20. The van der Waals surface area contributed by atoms with E-state index in [1.54, 1.807) is 0 Å². The van der Waals surface area contributed by atoms with E-state index in [0.29, 0.717) is 0 Å². The monoisotopic (exact) mass is 178 g/mol. The van der Waals surface area contributed by atoms with Gasteiger partial charge in [-0.05, 0) is 0 Å². The summed E-state index contributed by atoms with van der Waals surface area (Å²) in [6.07, 6.45) is 0. The quantitative estimate of drug-likeness (QED) is 0.406. The van der Waals surface area contributed by atoms with E-state index >= 15 is 0 Å². The van der Waals surface area contributed by atoms with Crippen LogP contribution in [0.4, 0.5) is 12.6 Å². The maximum Gasteiger partial charge on any atom is 0.591 e. The molecular formula is F3NaOPV. The summed E-state index contributed by atoms with van der Waals surface area (Å²) in [5.41, 5.74) is 0. The molecule has 0 atom stereocenters. The van der Waals surface area contributed by atoms with Gasteiger partial charge in [0.15, 0.2) is 0 Å². The standard InChI is InChI=1S/F3OP.Na.V/c1-5(2,3)4;;. The largest absolute Gasteiger partial charge is 0.591 e. The first-order valence-corrected chi connectivity index (χ1v) is 2.07. The summed E-state index contributed by atoms with van der Waals surface area (Å²) in [5.74, 6) is 0. The van der Waals surface area contributed by atoms with Crippen molar-refractivity contribution >= 4 is 37.6 Å². The molecule has 7 heteroatoms. The first-order chi connectivity index (χ1) is 2.00. The fraction of sp³-hybridized carbons (Fsp3) is 0. The van der Waals surface area contributed by atoms with Crippen LogP contribution in [-0.4, -0.2) is 29.6 Å². The van der Waals surface area contributed by atoms with Crippen LogP contribution in [0.15, 0.2) is 0 Å². The minimum atomic E-state index is -6.14. The van der Waals surface area contributed by atoms with Gasteiger partial charge in [-0.1, -0.05) is 0 Å². The summed E-state index contributed by atoms with van der Waals surface area (Å²) in [5, 5.41) is 0. The van der Waals surface area contributed by atoms with E-state index < -0.39 is 8.07 Å². The molecule has 0 aliphatic rings. The molecule has 0 heterocycles. The summed E-state index contributed by atoms with van der Waals surface area (Å²) in [6.45, 7) is 0. The first-order valence-electron chi connectivity index (χ1n) is 0.690. The van der Waals surface area contributed by atoms with E-state index in [1.165, 1.54) is 0 Å². The van der Waals surface area contributed by atoms with Crippen LogP contribution in [0, 0.1) is 0 Å². The van der Waals surface area contributed by atoms with E-state index in [9.17, 15) is 12.6 Å². The molecule has 0 aromatic heterocycles. The molecule has 0 aromatic rings. The minimum absolute atomic E-state index is 0. The van der Waals surface area contributed by atoms with E-state index in [1.807, 2.05) is 0 Å².